The number of nitrogens with one attached hydrogen (secondary N) is 1. The highest BCUT2D eigenvalue weighted by Crippen LogP contribution is 2.34. The van der Waals surface area contributed by atoms with Crippen LogP contribution >= 0.6 is 22.9 Å². The zero-order valence-corrected chi connectivity index (χ0v) is 13.2. The topological polar surface area (TPSA) is 29.9 Å². The molecule has 0 radical (unpaired) electrons. The molecule has 0 aliphatic carbocycles. The van der Waals surface area contributed by atoms with Crippen molar-refractivity contribution in [3.05, 3.63) is 38.8 Å². The first kappa shape index (κ1) is 14.6. The third kappa shape index (κ3) is 3.59. The van der Waals surface area contributed by atoms with Crippen molar-refractivity contribution in [3.63, 3.8) is 0 Å². The van der Waals surface area contributed by atoms with Crippen LogP contribution in [0.1, 0.15) is 35.4 Å². The van der Waals surface area contributed by atoms with E-state index < -0.39 is 0 Å². The molecule has 0 bridgehead atoms. The van der Waals surface area contributed by atoms with Gasteiger partial charge in [0.05, 0.1) is 11.2 Å². The van der Waals surface area contributed by atoms with Gasteiger partial charge in [0.15, 0.2) is 0 Å². The largest absolute Gasteiger partial charge is 0.309 e. The average Bonchev–Trinajstić information content (AvgIpc) is 2.93. The summed E-state index contributed by atoms with van der Waals surface area (Å²) in [5.41, 5.74) is 2.40. The van der Waals surface area contributed by atoms with Gasteiger partial charge in [-0.1, -0.05) is 18.5 Å². The van der Waals surface area contributed by atoms with Gasteiger partial charge in [-0.15, -0.1) is 11.3 Å². The van der Waals surface area contributed by atoms with E-state index in [2.05, 4.69) is 35.8 Å². The highest BCUT2D eigenvalue weighted by Gasteiger charge is 2.18. The van der Waals surface area contributed by atoms with Crippen LogP contribution in [0.2, 0.25) is 5.02 Å². The number of thiophene rings is 1. The lowest BCUT2D eigenvalue weighted by molar-refractivity contribution is 0.536. The predicted molar refractivity (Wildman–Crippen MR) is 82.0 cm³/mol. The fourth-order valence-corrected chi connectivity index (χ4v) is 3.48. The van der Waals surface area contributed by atoms with Crippen LogP contribution in [0.3, 0.4) is 0 Å². The number of nitrogens with zero attached hydrogens (tertiary/aromatic N) is 2. The maximum Gasteiger partial charge on any atom is 0.0590 e. The van der Waals surface area contributed by atoms with Crippen molar-refractivity contribution in [1.82, 2.24) is 15.1 Å². The number of aromatic nitrogens is 2. The summed E-state index contributed by atoms with van der Waals surface area (Å²) in [7, 11) is 1.94. The lowest BCUT2D eigenvalue weighted by Crippen LogP contribution is -2.23. The third-order valence-electron chi connectivity index (χ3n) is 3.08. The molecule has 2 aromatic heterocycles. The fourth-order valence-electron chi connectivity index (χ4n) is 2.07. The van der Waals surface area contributed by atoms with Crippen LogP contribution in [0.25, 0.3) is 0 Å². The SMILES string of the molecule is CCCNC(Cc1cnn(C)c1)c1scc(C)c1Cl. The minimum Gasteiger partial charge on any atom is -0.309 e. The predicted octanol–water partition coefficient (Wildman–Crippen LogP) is 3.73. The van der Waals surface area contributed by atoms with Crippen molar-refractivity contribution >= 4 is 22.9 Å². The van der Waals surface area contributed by atoms with E-state index in [1.807, 2.05) is 17.9 Å². The smallest absolute Gasteiger partial charge is 0.0590 e. The molecule has 0 saturated carbocycles. The minimum absolute atomic E-state index is 0.273. The van der Waals surface area contributed by atoms with Crippen molar-refractivity contribution in [2.24, 2.45) is 7.05 Å². The molecule has 1 N–H and O–H groups in total. The zero-order chi connectivity index (χ0) is 13.8. The van der Waals surface area contributed by atoms with Crippen molar-refractivity contribution < 1.29 is 0 Å². The molecule has 0 saturated heterocycles. The van der Waals surface area contributed by atoms with E-state index in [0.29, 0.717) is 0 Å². The van der Waals surface area contributed by atoms with E-state index in [-0.39, 0.29) is 6.04 Å². The molecular weight excluding hydrogens is 278 g/mol. The average molecular weight is 298 g/mol. The van der Waals surface area contributed by atoms with Gasteiger partial charge in [-0.2, -0.15) is 5.10 Å². The van der Waals surface area contributed by atoms with E-state index in [1.54, 1.807) is 11.3 Å². The second kappa shape index (κ2) is 6.55. The summed E-state index contributed by atoms with van der Waals surface area (Å²) < 4.78 is 1.84. The van der Waals surface area contributed by atoms with Crippen LogP contribution in [0.15, 0.2) is 17.8 Å². The summed E-state index contributed by atoms with van der Waals surface area (Å²) in [6, 6.07) is 0.273. The monoisotopic (exact) mass is 297 g/mol. The molecule has 1 unspecified atom stereocenters. The molecule has 2 rings (SSSR count). The molecule has 5 heteroatoms. The Labute approximate surface area is 123 Å². The van der Waals surface area contributed by atoms with Crippen LogP contribution in [-0.4, -0.2) is 16.3 Å². The Bertz CT molecular complexity index is 533. The molecule has 3 nitrogen and oxygen atoms in total. The first-order valence-corrected chi connectivity index (χ1v) is 7.82. The molecule has 0 aromatic carbocycles. The maximum atomic E-state index is 6.40. The van der Waals surface area contributed by atoms with E-state index in [0.717, 1.165) is 30.0 Å². The third-order valence-corrected chi connectivity index (χ3v) is 4.91. The summed E-state index contributed by atoms with van der Waals surface area (Å²) in [4.78, 5) is 1.23. The lowest BCUT2D eigenvalue weighted by atomic mass is 10.1. The Hall–Kier alpha value is -0.840. The van der Waals surface area contributed by atoms with Gasteiger partial charge >= 0.3 is 0 Å². The van der Waals surface area contributed by atoms with Crippen molar-refractivity contribution in [2.75, 3.05) is 6.54 Å². The molecule has 0 amide bonds. The summed E-state index contributed by atoms with van der Waals surface area (Å²) in [6.45, 7) is 5.23. The standard InChI is InChI=1S/C14H20ClN3S/c1-4-5-16-12(6-11-7-17-18(3)8-11)14-13(15)10(2)9-19-14/h7-9,12,16H,4-6H2,1-3H3. The molecule has 0 aliphatic heterocycles. The lowest BCUT2D eigenvalue weighted by Gasteiger charge is -2.17. The second-order valence-corrected chi connectivity index (χ2v) is 6.12. The van der Waals surface area contributed by atoms with Gasteiger partial charge < -0.3 is 5.32 Å². The van der Waals surface area contributed by atoms with Crippen LogP contribution in [0.5, 0.6) is 0 Å². The van der Waals surface area contributed by atoms with Crippen molar-refractivity contribution in [3.8, 4) is 0 Å². The van der Waals surface area contributed by atoms with E-state index in [4.69, 9.17) is 11.6 Å². The van der Waals surface area contributed by atoms with Crippen LogP contribution in [0.4, 0.5) is 0 Å². The Morgan fingerprint density at radius 1 is 1.53 bits per heavy atom. The summed E-state index contributed by atoms with van der Waals surface area (Å²) in [6.07, 6.45) is 6.03. The molecule has 2 heterocycles. The quantitative estimate of drug-likeness (QED) is 0.880. The Balaban J connectivity index is 2.18. The molecule has 2 aromatic rings. The molecule has 0 aliphatic rings. The Morgan fingerprint density at radius 3 is 2.84 bits per heavy atom. The molecule has 0 fully saturated rings. The van der Waals surface area contributed by atoms with Crippen LogP contribution < -0.4 is 5.32 Å². The van der Waals surface area contributed by atoms with Gasteiger partial charge in [0.1, 0.15) is 0 Å². The highest BCUT2D eigenvalue weighted by molar-refractivity contribution is 7.10. The minimum atomic E-state index is 0.273. The maximum absolute atomic E-state index is 6.40. The molecule has 104 valence electrons. The van der Waals surface area contributed by atoms with Crippen molar-refractivity contribution in [2.45, 2.75) is 32.7 Å². The van der Waals surface area contributed by atoms with Gasteiger partial charge in [0.2, 0.25) is 0 Å². The van der Waals surface area contributed by atoms with Gasteiger partial charge in [0, 0.05) is 24.2 Å². The molecule has 1 atom stereocenters. The molecule has 19 heavy (non-hydrogen) atoms. The summed E-state index contributed by atoms with van der Waals surface area (Å²) in [5.74, 6) is 0. The van der Waals surface area contributed by atoms with Gasteiger partial charge in [-0.05, 0) is 42.8 Å². The first-order valence-electron chi connectivity index (χ1n) is 6.56. The van der Waals surface area contributed by atoms with E-state index in [9.17, 15) is 0 Å². The molecule has 0 spiro atoms. The normalized spacial score (nSPS) is 12.8. The fraction of sp³-hybridized carbons (Fsp3) is 0.500. The van der Waals surface area contributed by atoms with E-state index >= 15 is 0 Å². The first-order chi connectivity index (χ1) is 9.11. The number of hydrogen-bond acceptors (Lipinski definition) is 3. The van der Waals surface area contributed by atoms with Crippen LogP contribution in [0, 0.1) is 6.92 Å². The number of aryl methyl sites for hydroxylation is 2. The van der Waals surface area contributed by atoms with Gasteiger partial charge in [0.25, 0.3) is 0 Å². The summed E-state index contributed by atoms with van der Waals surface area (Å²) >= 11 is 8.14. The van der Waals surface area contributed by atoms with Crippen molar-refractivity contribution in [1.29, 1.82) is 0 Å². The summed E-state index contributed by atoms with van der Waals surface area (Å²) in [5, 5.41) is 10.8. The number of rotatable bonds is 6. The number of hydrogen-bond donors (Lipinski definition) is 1. The van der Waals surface area contributed by atoms with Gasteiger partial charge in [-0.3, -0.25) is 4.68 Å². The second-order valence-electron chi connectivity index (χ2n) is 4.83. The highest BCUT2D eigenvalue weighted by atomic mass is 35.5. The Morgan fingerprint density at radius 2 is 2.32 bits per heavy atom. The molecular formula is C14H20ClN3S. The van der Waals surface area contributed by atoms with E-state index in [1.165, 1.54) is 10.4 Å². The van der Waals surface area contributed by atoms with Gasteiger partial charge in [-0.25, -0.2) is 0 Å². The van der Waals surface area contributed by atoms with Crippen LogP contribution in [-0.2, 0) is 13.5 Å². The Kier molecular flexibility index (Phi) is 5.02. The number of halogens is 1. The zero-order valence-electron chi connectivity index (χ0n) is 11.6.